The lowest BCUT2D eigenvalue weighted by Crippen LogP contribution is -2.20. The van der Waals surface area contributed by atoms with Crippen LogP contribution in [0.2, 0.25) is 0 Å². The number of rotatable bonds is 4. The topological polar surface area (TPSA) is 79.2 Å². The molecule has 0 saturated heterocycles. The third-order valence-electron chi connectivity index (χ3n) is 3.59. The van der Waals surface area contributed by atoms with Gasteiger partial charge in [0.25, 0.3) is 5.91 Å². The maximum atomic E-state index is 12.1. The molecule has 0 saturated carbocycles. The van der Waals surface area contributed by atoms with Crippen LogP contribution in [0.1, 0.15) is 15.9 Å². The maximum absolute atomic E-state index is 12.1. The minimum absolute atomic E-state index is 0.387. The second-order valence-corrected chi connectivity index (χ2v) is 5.38. The predicted molar refractivity (Wildman–Crippen MR) is 94.0 cm³/mol. The van der Waals surface area contributed by atoms with Crippen LogP contribution in [0, 0.1) is 11.3 Å². The number of amides is 1. The minimum atomic E-state index is -0.563. The monoisotopic (exact) mass is 330 g/mol. The van der Waals surface area contributed by atoms with Crippen molar-refractivity contribution in [3.63, 3.8) is 0 Å². The molecule has 0 heterocycles. The van der Waals surface area contributed by atoms with E-state index in [1.165, 1.54) is 0 Å². The van der Waals surface area contributed by atoms with Crippen molar-refractivity contribution in [2.75, 3.05) is 11.9 Å². The number of nitrogens with zero attached hydrogens (tertiary/aromatic N) is 1. The van der Waals surface area contributed by atoms with Crippen molar-refractivity contribution in [2.24, 2.45) is 0 Å². The van der Waals surface area contributed by atoms with Crippen LogP contribution in [0.15, 0.2) is 66.7 Å². The molecule has 0 aromatic heterocycles. The standard InChI is InChI=1S/C20H14N2O3/c21-12-14-4-3-7-18(10-14)22-19(23)13-25-20(24)17-9-8-15-5-1-2-6-16(15)11-17/h1-11H,13H2,(H,22,23). The van der Waals surface area contributed by atoms with Gasteiger partial charge in [0.15, 0.2) is 6.61 Å². The summed E-state index contributed by atoms with van der Waals surface area (Å²) in [4.78, 5) is 24.0. The van der Waals surface area contributed by atoms with Crippen molar-refractivity contribution in [2.45, 2.75) is 0 Å². The smallest absolute Gasteiger partial charge is 0.338 e. The van der Waals surface area contributed by atoms with Gasteiger partial charge in [0.05, 0.1) is 17.2 Å². The number of ether oxygens (including phenoxy) is 1. The normalized spacial score (nSPS) is 10.0. The Morgan fingerprint density at radius 3 is 2.56 bits per heavy atom. The van der Waals surface area contributed by atoms with Crippen molar-refractivity contribution < 1.29 is 14.3 Å². The molecule has 1 amide bonds. The van der Waals surface area contributed by atoms with Crippen molar-refractivity contribution in [3.8, 4) is 6.07 Å². The Labute approximate surface area is 144 Å². The molecular weight excluding hydrogens is 316 g/mol. The highest BCUT2D eigenvalue weighted by Gasteiger charge is 2.11. The zero-order chi connectivity index (χ0) is 17.6. The number of fused-ring (bicyclic) bond motifs is 1. The van der Waals surface area contributed by atoms with E-state index in [0.717, 1.165) is 10.8 Å². The molecule has 0 aliphatic heterocycles. The summed E-state index contributed by atoms with van der Waals surface area (Å²) in [7, 11) is 0. The highest BCUT2D eigenvalue weighted by molar-refractivity contribution is 5.98. The Morgan fingerprint density at radius 1 is 0.960 bits per heavy atom. The fourth-order valence-electron chi connectivity index (χ4n) is 2.39. The molecule has 0 atom stereocenters. The third-order valence-corrected chi connectivity index (χ3v) is 3.59. The average molecular weight is 330 g/mol. The van der Waals surface area contributed by atoms with Crippen molar-refractivity contribution in [1.82, 2.24) is 0 Å². The van der Waals surface area contributed by atoms with Gasteiger partial charge >= 0.3 is 5.97 Å². The summed E-state index contributed by atoms with van der Waals surface area (Å²) in [5, 5.41) is 13.4. The molecule has 3 aromatic carbocycles. The molecule has 3 aromatic rings. The van der Waals surface area contributed by atoms with Crippen LogP contribution >= 0.6 is 0 Å². The average Bonchev–Trinajstić information content (AvgIpc) is 2.65. The van der Waals surface area contributed by atoms with Crippen LogP contribution in [0.3, 0.4) is 0 Å². The van der Waals surface area contributed by atoms with Gasteiger partial charge in [0, 0.05) is 5.69 Å². The first-order chi connectivity index (χ1) is 12.2. The van der Waals surface area contributed by atoms with Crippen LogP contribution < -0.4 is 5.32 Å². The van der Waals surface area contributed by atoms with Crippen LogP contribution in [0.5, 0.6) is 0 Å². The van der Waals surface area contributed by atoms with Gasteiger partial charge < -0.3 is 10.1 Å². The van der Waals surface area contributed by atoms with Gasteiger partial charge in [-0.25, -0.2) is 4.79 Å². The van der Waals surface area contributed by atoms with Crippen LogP contribution in [-0.4, -0.2) is 18.5 Å². The lowest BCUT2D eigenvalue weighted by Gasteiger charge is -2.07. The molecule has 0 fully saturated rings. The van der Waals surface area contributed by atoms with E-state index in [-0.39, 0.29) is 0 Å². The molecule has 5 heteroatoms. The summed E-state index contributed by atoms with van der Waals surface area (Å²) in [5.74, 6) is -1.03. The second kappa shape index (κ2) is 7.28. The van der Waals surface area contributed by atoms with Gasteiger partial charge in [-0.15, -0.1) is 0 Å². The molecule has 0 spiro atoms. The van der Waals surface area contributed by atoms with Crippen LogP contribution in [-0.2, 0) is 9.53 Å². The summed E-state index contributed by atoms with van der Waals surface area (Å²) in [5.41, 5.74) is 1.30. The zero-order valence-corrected chi connectivity index (χ0v) is 13.2. The van der Waals surface area contributed by atoms with Crippen molar-refractivity contribution in [3.05, 3.63) is 77.9 Å². The molecule has 0 bridgehead atoms. The number of anilines is 1. The number of benzene rings is 3. The van der Waals surface area contributed by atoms with E-state index in [4.69, 9.17) is 10.00 Å². The maximum Gasteiger partial charge on any atom is 0.338 e. The van der Waals surface area contributed by atoms with E-state index in [1.807, 2.05) is 36.4 Å². The first kappa shape index (κ1) is 16.2. The molecule has 122 valence electrons. The number of nitrogens with one attached hydrogen (secondary N) is 1. The lowest BCUT2D eigenvalue weighted by molar-refractivity contribution is -0.119. The molecule has 5 nitrogen and oxygen atoms in total. The fourth-order valence-corrected chi connectivity index (χ4v) is 2.39. The summed E-state index contributed by atoms with van der Waals surface area (Å²) in [6.45, 7) is -0.400. The Bertz CT molecular complexity index is 989. The highest BCUT2D eigenvalue weighted by atomic mass is 16.5. The number of esters is 1. The van der Waals surface area contributed by atoms with Gasteiger partial charge in [0.1, 0.15) is 0 Å². The van der Waals surface area contributed by atoms with Crippen molar-refractivity contribution in [1.29, 1.82) is 5.26 Å². The van der Waals surface area contributed by atoms with E-state index >= 15 is 0 Å². The summed E-state index contributed by atoms with van der Waals surface area (Å²) >= 11 is 0. The van der Waals surface area contributed by atoms with E-state index in [0.29, 0.717) is 16.8 Å². The number of carbonyl (C=O) groups is 2. The minimum Gasteiger partial charge on any atom is -0.452 e. The van der Waals surface area contributed by atoms with Gasteiger partial charge in [-0.05, 0) is 41.1 Å². The lowest BCUT2D eigenvalue weighted by atomic mass is 10.1. The number of carbonyl (C=O) groups excluding carboxylic acids is 2. The third kappa shape index (κ3) is 4.01. The Balaban J connectivity index is 1.60. The van der Waals surface area contributed by atoms with E-state index in [2.05, 4.69) is 5.32 Å². The molecule has 0 aliphatic rings. The number of hydrogen-bond acceptors (Lipinski definition) is 4. The quantitative estimate of drug-likeness (QED) is 0.743. The Hall–Kier alpha value is -3.65. The fraction of sp³-hybridized carbons (Fsp3) is 0.0500. The first-order valence-corrected chi connectivity index (χ1v) is 7.61. The largest absolute Gasteiger partial charge is 0.452 e. The molecule has 25 heavy (non-hydrogen) atoms. The summed E-state index contributed by atoms with van der Waals surface area (Å²) in [6, 6.07) is 21.4. The Morgan fingerprint density at radius 2 is 1.76 bits per heavy atom. The van der Waals surface area contributed by atoms with Crippen LogP contribution in [0.25, 0.3) is 10.8 Å². The Kier molecular flexibility index (Phi) is 4.72. The van der Waals surface area contributed by atoms with E-state index in [1.54, 1.807) is 36.4 Å². The van der Waals surface area contributed by atoms with Gasteiger partial charge in [0.2, 0.25) is 0 Å². The van der Waals surface area contributed by atoms with E-state index in [9.17, 15) is 9.59 Å². The summed E-state index contributed by atoms with van der Waals surface area (Å²) in [6.07, 6.45) is 0. The number of nitriles is 1. The van der Waals surface area contributed by atoms with Crippen molar-refractivity contribution >= 4 is 28.3 Å². The molecule has 1 N–H and O–H groups in total. The number of hydrogen-bond donors (Lipinski definition) is 1. The van der Waals surface area contributed by atoms with E-state index < -0.39 is 18.5 Å². The first-order valence-electron chi connectivity index (χ1n) is 7.61. The highest BCUT2D eigenvalue weighted by Crippen LogP contribution is 2.16. The summed E-state index contributed by atoms with van der Waals surface area (Å²) < 4.78 is 5.05. The predicted octanol–water partition coefficient (Wildman–Crippen LogP) is 3.51. The molecule has 0 aliphatic carbocycles. The molecule has 0 radical (unpaired) electrons. The zero-order valence-electron chi connectivity index (χ0n) is 13.2. The van der Waals surface area contributed by atoms with Gasteiger partial charge in [-0.1, -0.05) is 36.4 Å². The SMILES string of the molecule is N#Cc1cccc(NC(=O)COC(=O)c2ccc3ccccc3c2)c1. The van der Waals surface area contributed by atoms with Gasteiger partial charge in [-0.2, -0.15) is 5.26 Å². The van der Waals surface area contributed by atoms with Gasteiger partial charge in [-0.3, -0.25) is 4.79 Å². The molecular formula is C20H14N2O3. The molecule has 0 unspecified atom stereocenters. The molecule has 3 rings (SSSR count). The van der Waals surface area contributed by atoms with Crippen LogP contribution in [0.4, 0.5) is 5.69 Å². The second-order valence-electron chi connectivity index (χ2n) is 5.38.